The summed E-state index contributed by atoms with van der Waals surface area (Å²) in [6.45, 7) is 6.36. The number of furan rings is 1. The number of benzene rings is 1. The SMILES string of the molecule is CCNCc1oc2c(C)ccc(Br)c2c1COC. The quantitative estimate of drug-likeness (QED) is 0.913. The zero-order chi connectivity index (χ0) is 13.1. The Bertz CT molecular complexity index is 548. The second-order valence-electron chi connectivity index (χ2n) is 4.29. The summed E-state index contributed by atoms with van der Waals surface area (Å²) < 4.78 is 12.4. The molecular formula is C14H18BrNO2. The Morgan fingerprint density at radius 1 is 1.39 bits per heavy atom. The Balaban J connectivity index is 2.59. The van der Waals surface area contributed by atoms with E-state index in [0.717, 1.165) is 45.4 Å². The van der Waals surface area contributed by atoms with E-state index in [2.05, 4.69) is 47.2 Å². The maximum absolute atomic E-state index is 5.99. The lowest BCUT2D eigenvalue weighted by molar-refractivity contribution is 0.183. The van der Waals surface area contributed by atoms with Crippen LogP contribution in [0.1, 0.15) is 23.8 Å². The van der Waals surface area contributed by atoms with E-state index in [1.165, 1.54) is 0 Å². The van der Waals surface area contributed by atoms with Crippen LogP contribution in [0.4, 0.5) is 0 Å². The van der Waals surface area contributed by atoms with E-state index < -0.39 is 0 Å². The molecule has 0 saturated heterocycles. The highest BCUT2D eigenvalue weighted by Crippen LogP contribution is 2.34. The van der Waals surface area contributed by atoms with Gasteiger partial charge < -0.3 is 14.5 Å². The van der Waals surface area contributed by atoms with E-state index >= 15 is 0 Å². The van der Waals surface area contributed by atoms with Gasteiger partial charge in [-0.05, 0) is 25.1 Å². The molecule has 2 rings (SSSR count). The summed E-state index contributed by atoms with van der Waals surface area (Å²) in [7, 11) is 1.71. The number of fused-ring (bicyclic) bond motifs is 1. The van der Waals surface area contributed by atoms with Crippen LogP contribution in [0.25, 0.3) is 11.0 Å². The number of hydrogen-bond acceptors (Lipinski definition) is 3. The van der Waals surface area contributed by atoms with Crippen molar-refractivity contribution < 1.29 is 9.15 Å². The first-order valence-corrected chi connectivity index (χ1v) is 6.87. The van der Waals surface area contributed by atoms with Crippen molar-refractivity contribution in [1.29, 1.82) is 0 Å². The van der Waals surface area contributed by atoms with Crippen LogP contribution >= 0.6 is 15.9 Å². The molecule has 0 atom stereocenters. The van der Waals surface area contributed by atoms with Crippen LogP contribution < -0.4 is 5.32 Å². The highest BCUT2D eigenvalue weighted by molar-refractivity contribution is 9.10. The van der Waals surface area contributed by atoms with Gasteiger partial charge in [-0.15, -0.1) is 0 Å². The van der Waals surface area contributed by atoms with Gasteiger partial charge in [-0.3, -0.25) is 0 Å². The zero-order valence-corrected chi connectivity index (χ0v) is 12.6. The molecule has 1 heterocycles. The second kappa shape index (κ2) is 5.87. The molecule has 1 aromatic carbocycles. The molecule has 2 aromatic rings. The van der Waals surface area contributed by atoms with Crippen molar-refractivity contribution in [3.05, 3.63) is 33.5 Å². The van der Waals surface area contributed by atoms with Crippen molar-refractivity contribution in [2.75, 3.05) is 13.7 Å². The maximum Gasteiger partial charge on any atom is 0.138 e. The van der Waals surface area contributed by atoms with Crippen molar-refractivity contribution in [3.8, 4) is 0 Å². The molecule has 0 spiro atoms. The number of nitrogens with one attached hydrogen (secondary N) is 1. The third-order valence-corrected chi connectivity index (χ3v) is 3.65. The number of ether oxygens (including phenoxy) is 1. The van der Waals surface area contributed by atoms with Crippen LogP contribution in [0, 0.1) is 6.92 Å². The van der Waals surface area contributed by atoms with Gasteiger partial charge in [0.25, 0.3) is 0 Å². The van der Waals surface area contributed by atoms with E-state index in [1.54, 1.807) is 7.11 Å². The Morgan fingerprint density at radius 3 is 2.83 bits per heavy atom. The van der Waals surface area contributed by atoms with Crippen molar-refractivity contribution >= 4 is 26.9 Å². The maximum atomic E-state index is 5.99. The standard InChI is InChI=1S/C14H18BrNO2/c1-4-16-7-12-10(8-17-3)13-11(15)6-5-9(2)14(13)18-12/h5-6,16H,4,7-8H2,1-3H3. The third kappa shape index (κ3) is 2.46. The molecule has 0 aliphatic heterocycles. The van der Waals surface area contributed by atoms with Gasteiger partial charge in [-0.1, -0.05) is 28.9 Å². The molecule has 1 aromatic heterocycles. The third-order valence-electron chi connectivity index (χ3n) is 2.99. The number of halogens is 1. The molecule has 0 radical (unpaired) electrons. The lowest BCUT2D eigenvalue weighted by Gasteiger charge is -2.03. The molecule has 18 heavy (non-hydrogen) atoms. The molecule has 0 fully saturated rings. The summed E-state index contributed by atoms with van der Waals surface area (Å²) >= 11 is 3.60. The Labute approximate surface area is 116 Å². The Kier molecular flexibility index (Phi) is 4.43. The van der Waals surface area contributed by atoms with Crippen molar-refractivity contribution in [1.82, 2.24) is 5.32 Å². The number of hydrogen-bond donors (Lipinski definition) is 1. The summed E-state index contributed by atoms with van der Waals surface area (Å²) in [5.41, 5.74) is 3.22. The van der Waals surface area contributed by atoms with Crippen LogP contribution in [0.2, 0.25) is 0 Å². The normalized spacial score (nSPS) is 11.3. The summed E-state index contributed by atoms with van der Waals surface area (Å²) in [5.74, 6) is 0.962. The second-order valence-corrected chi connectivity index (χ2v) is 5.14. The molecule has 0 bridgehead atoms. The van der Waals surface area contributed by atoms with Gasteiger partial charge in [-0.2, -0.15) is 0 Å². The number of rotatable bonds is 5. The predicted octanol–water partition coefficient (Wildman–Crippen LogP) is 3.76. The summed E-state index contributed by atoms with van der Waals surface area (Å²) in [5, 5.41) is 4.43. The zero-order valence-electron chi connectivity index (χ0n) is 11.0. The Morgan fingerprint density at radius 2 is 2.17 bits per heavy atom. The fraction of sp³-hybridized carbons (Fsp3) is 0.429. The van der Waals surface area contributed by atoms with Crippen LogP contribution in [0.5, 0.6) is 0 Å². The first-order valence-electron chi connectivity index (χ1n) is 6.08. The molecule has 0 aliphatic carbocycles. The highest BCUT2D eigenvalue weighted by atomic mass is 79.9. The molecule has 4 heteroatoms. The minimum absolute atomic E-state index is 0.565. The topological polar surface area (TPSA) is 34.4 Å². The van der Waals surface area contributed by atoms with Gasteiger partial charge in [0, 0.05) is 22.5 Å². The predicted molar refractivity (Wildman–Crippen MR) is 76.7 cm³/mol. The van der Waals surface area contributed by atoms with Gasteiger partial charge in [0.2, 0.25) is 0 Å². The monoisotopic (exact) mass is 311 g/mol. The summed E-state index contributed by atoms with van der Waals surface area (Å²) in [4.78, 5) is 0. The van der Waals surface area contributed by atoms with Crippen LogP contribution in [-0.2, 0) is 17.9 Å². The van der Waals surface area contributed by atoms with Crippen molar-refractivity contribution in [2.45, 2.75) is 27.0 Å². The molecule has 3 nitrogen and oxygen atoms in total. The molecule has 0 saturated carbocycles. The number of methoxy groups -OCH3 is 1. The first kappa shape index (κ1) is 13.6. The van der Waals surface area contributed by atoms with Crippen molar-refractivity contribution in [3.63, 3.8) is 0 Å². The van der Waals surface area contributed by atoms with Gasteiger partial charge in [0.15, 0.2) is 0 Å². The highest BCUT2D eigenvalue weighted by Gasteiger charge is 2.17. The van der Waals surface area contributed by atoms with Crippen molar-refractivity contribution in [2.24, 2.45) is 0 Å². The minimum Gasteiger partial charge on any atom is -0.459 e. The lowest BCUT2D eigenvalue weighted by Crippen LogP contribution is -2.12. The van der Waals surface area contributed by atoms with Gasteiger partial charge in [0.1, 0.15) is 11.3 Å². The van der Waals surface area contributed by atoms with E-state index in [0.29, 0.717) is 6.61 Å². The number of aryl methyl sites for hydroxylation is 1. The average molecular weight is 312 g/mol. The van der Waals surface area contributed by atoms with Gasteiger partial charge in [0.05, 0.1) is 13.2 Å². The molecule has 0 aliphatic rings. The summed E-state index contributed by atoms with van der Waals surface area (Å²) in [6.07, 6.45) is 0. The van der Waals surface area contributed by atoms with Crippen LogP contribution in [-0.4, -0.2) is 13.7 Å². The molecule has 98 valence electrons. The van der Waals surface area contributed by atoms with Crippen LogP contribution in [0.15, 0.2) is 21.0 Å². The smallest absolute Gasteiger partial charge is 0.138 e. The minimum atomic E-state index is 0.565. The molecule has 1 N–H and O–H groups in total. The Hall–Kier alpha value is -0.840. The fourth-order valence-electron chi connectivity index (χ4n) is 2.08. The van der Waals surface area contributed by atoms with E-state index in [9.17, 15) is 0 Å². The van der Waals surface area contributed by atoms with E-state index in [1.807, 2.05) is 0 Å². The fourth-order valence-corrected chi connectivity index (χ4v) is 2.63. The van der Waals surface area contributed by atoms with E-state index in [4.69, 9.17) is 9.15 Å². The van der Waals surface area contributed by atoms with Crippen LogP contribution in [0.3, 0.4) is 0 Å². The van der Waals surface area contributed by atoms with Gasteiger partial charge in [-0.25, -0.2) is 0 Å². The van der Waals surface area contributed by atoms with E-state index in [-0.39, 0.29) is 0 Å². The first-order chi connectivity index (χ1) is 8.69. The molecule has 0 amide bonds. The molecule has 0 unspecified atom stereocenters. The molecular weight excluding hydrogens is 294 g/mol. The summed E-state index contributed by atoms with van der Waals surface area (Å²) in [6, 6.07) is 4.12. The lowest BCUT2D eigenvalue weighted by atomic mass is 10.1. The van der Waals surface area contributed by atoms with Gasteiger partial charge >= 0.3 is 0 Å². The average Bonchev–Trinajstić information content (AvgIpc) is 2.72. The largest absolute Gasteiger partial charge is 0.459 e.